The summed E-state index contributed by atoms with van der Waals surface area (Å²) in [5.41, 5.74) is 0.309. The number of aromatic nitrogens is 4. The first-order valence-corrected chi connectivity index (χ1v) is 6.37. The fraction of sp³-hybridized carbons (Fsp3) is 0.154. The molecule has 2 heterocycles. The predicted octanol–water partition coefficient (Wildman–Crippen LogP) is 2.21. The summed E-state index contributed by atoms with van der Waals surface area (Å²) in [7, 11) is 0. The number of hydrogen-bond acceptors (Lipinski definition) is 4. The molecule has 0 saturated carbocycles. The molecular weight excluding hydrogens is 280 g/mol. The van der Waals surface area contributed by atoms with Crippen LogP contribution < -0.4 is 10.4 Å². The van der Waals surface area contributed by atoms with Gasteiger partial charge in [0.2, 0.25) is 0 Å². The maximum atomic E-state index is 11.3. The van der Waals surface area contributed by atoms with Crippen molar-refractivity contribution in [3.05, 3.63) is 57.7 Å². The molecule has 0 fully saturated rings. The van der Waals surface area contributed by atoms with Crippen molar-refractivity contribution >= 4 is 17.4 Å². The van der Waals surface area contributed by atoms with Gasteiger partial charge in [0, 0.05) is 11.2 Å². The van der Waals surface area contributed by atoms with E-state index in [2.05, 4.69) is 15.1 Å². The summed E-state index contributed by atoms with van der Waals surface area (Å²) in [5.74, 6) is 1.01. The van der Waals surface area contributed by atoms with Gasteiger partial charge in [0.05, 0.1) is 5.69 Å². The molecule has 1 N–H and O–H groups in total. The van der Waals surface area contributed by atoms with Gasteiger partial charge in [0.1, 0.15) is 11.9 Å². The van der Waals surface area contributed by atoms with E-state index in [1.165, 1.54) is 4.52 Å². The Hall–Kier alpha value is -2.34. The highest BCUT2D eigenvalue weighted by molar-refractivity contribution is 6.30. The van der Waals surface area contributed by atoms with Crippen molar-refractivity contribution in [2.24, 2.45) is 0 Å². The molecule has 1 aromatic carbocycles. The number of benzene rings is 1. The highest BCUT2D eigenvalue weighted by atomic mass is 35.5. The number of ether oxygens (including phenoxy) is 1. The van der Waals surface area contributed by atoms with E-state index in [0.29, 0.717) is 16.5 Å². The number of fused-ring (bicyclic) bond motifs is 1. The number of H-pyrrole nitrogens is 1. The Morgan fingerprint density at radius 2 is 2.05 bits per heavy atom. The minimum absolute atomic E-state index is 0.286. The van der Waals surface area contributed by atoms with Gasteiger partial charge in [0.25, 0.3) is 5.78 Å². The van der Waals surface area contributed by atoms with Crippen LogP contribution in [0.2, 0.25) is 5.02 Å². The molecule has 0 aliphatic heterocycles. The first-order valence-electron chi connectivity index (χ1n) is 5.99. The molecule has 1 unspecified atom stereocenters. The smallest absolute Gasteiger partial charge is 0.363 e. The van der Waals surface area contributed by atoms with Gasteiger partial charge < -0.3 is 4.74 Å². The van der Waals surface area contributed by atoms with Gasteiger partial charge in [-0.05, 0) is 37.3 Å². The SMILES string of the molecule is CC(Oc1ccc(Cl)cc1)c1ccnc2nc(=O)[nH]n12. The van der Waals surface area contributed by atoms with Gasteiger partial charge in [-0.2, -0.15) is 4.98 Å². The second kappa shape index (κ2) is 4.97. The van der Waals surface area contributed by atoms with Gasteiger partial charge in [-0.3, -0.25) is 0 Å². The lowest BCUT2D eigenvalue weighted by atomic mass is 10.2. The molecule has 0 bridgehead atoms. The summed E-state index contributed by atoms with van der Waals surface area (Å²) >= 11 is 5.83. The zero-order chi connectivity index (χ0) is 14.1. The van der Waals surface area contributed by atoms with Gasteiger partial charge in [-0.15, -0.1) is 0 Å². The van der Waals surface area contributed by atoms with Gasteiger partial charge in [0.15, 0.2) is 0 Å². The second-order valence-corrected chi connectivity index (χ2v) is 4.68. The van der Waals surface area contributed by atoms with E-state index in [1.807, 2.05) is 6.92 Å². The van der Waals surface area contributed by atoms with E-state index in [4.69, 9.17) is 16.3 Å². The third kappa shape index (κ3) is 2.37. The lowest BCUT2D eigenvalue weighted by Crippen LogP contribution is -2.11. The Labute approximate surface area is 119 Å². The molecule has 0 amide bonds. The number of nitrogens with one attached hydrogen (secondary N) is 1. The molecule has 0 radical (unpaired) electrons. The van der Waals surface area contributed by atoms with Gasteiger partial charge in [-0.25, -0.2) is 19.4 Å². The van der Waals surface area contributed by atoms with Crippen LogP contribution in [-0.2, 0) is 0 Å². The van der Waals surface area contributed by atoms with Crippen LogP contribution >= 0.6 is 11.6 Å². The second-order valence-electron chi connectivity index (χ2n) is 4.25. The zero-order valence-corrected chi connectivity index (χ0v) is 11.3. The molecular formula is C13H11ClN4O2. The van der Waals surface area contributed by atoms with Crippen LogP contribution in [0, 0.1) is 0 Å². The summed E-state index contributed by atoms with van der Waals surface area (Å²) in [6.07, 6.45) is 1.30. The number of aromatic amines is 1. The van der Waals surface area contributed by atoms with Gasteiger partial charge >= 0.3 is 5.69 Å². The van der Waals surface area contributed by atoms with Crippen LogP contribution in [0.4, 0.5) is 0 Å². The molecule has 1 atom stereocenters. The molecule has 0 aliphatic carbocycles. The number of rotatable bonds is 3. The predicted molar refractivity (Wildman–Crippen MR) is 74.1 cm³/mol. The van der Waals surface area contributed by atoms with E-state index >= 15 is 0 Å². The minimum atomic E-state index is -0.441. The maximum absolute atomic E-state index is 11.3. The van der Waals surface area contributed by atoms with E-state index in [1.54, 1.807) is 36.5 Å². The molecule has 20 heavy (non-hydrogen) atoms. The van der Waals surface area contributed by atoms with Crippen molar-refractivity contribution < 1.29 is 4.74 Å². The normalized spacial score (nSPS) is 12.5. The molecule has 0 saturated heterocycles. The van der Waals surface area contributed by atoms with Crippen molar-refractivity contribution in [2.45, 2.75) is 13.0 Å². The highest BCUT2D eigenvalue weighted by Gasteiger charge is 2.13. The first kappa shape index (κ1) is 12.7. The average Bonchev–Trinajstić information content (AvgIpc) is 2.81. The summed E-state index contributed by atoms with van der Waals surface area (Å²) in [6, 6.07) is 8.85. The highest BCUT2D eigenvalue weighted by Crippen LogP contribution is 2.22. The number of nitrogens with zero attached hydrogens (tertiary/aromatic N) is 3. The zero-order valence-electron chi connectivity index (χ0n) is 10.6. The molecule has 2 aromatic heterocycles. The molecule has 3 rings (SSSR count). The van der Waals surface area contributed by atoms with E-state index in [0.717, 1.165) is 5.69 Å². The molecule has 6 nitrogen and oxygen atoms in total. The summed E-state index contributed by atoms with van der Waals surface area (Å²) in [4.78, 5) is 19.0. The van der Waals surface area contributed by atoms with E-state index in [-0.39, 0.29) is 6.10 Å². The Balaban J connectivity index is 1.94. The molecule has 0 aliphatic rings. The van der Waals surface area contributed by atoms with Crippen molar-refractivity contribution in [3.63, 3.8) is 0 Å². The Bertz CT molecular complexity index is 794. The number of hydrogen-bond donors (Lipinski definition) is 1. The van der Waals surface area contributed by atoms with Crippen LogP contribution in [-0.4, -0.2) is 19.6 Å². The third-order valence-corrected chi connectivity index (χ3v) is 3.10. The summed E-state index contributed by atoms with van der Waals surface area (Å²) in [5, 5.41) is 3.24. The summed E-state index contributed by atoms with van der Waals surface area (Å²) < 4.78 is 7.33. The van der Waals surface area contributed by atoms with Crippen molar-refractivity contribution in [2.75, 3.05) is 0 Å². The average molecular weight is 291 g/mol. The Kier molecular flexibility index (Phi) is 3.15. The van der Waals surface area contributed by atoms with Crippen LogP contribution in [0.15, 0.2) is 41.3 Å². The topological polar surface area (TPSA) is 72.3 Å². The lowest BCUT2D eigenvalue weighted by molar-refractivity contribution is 0.218. The monoisotopic (exact) mass is 290 g/mol. The largest absolute Gasteiger partial charge is 0.484 e. The van der Waals surface area contributed by atoms with Crippen molar-refractivity contribution in [1.82, 2.24) is 19.6 Å². The standard InChI is InChI=1S/C13H11ClN4O2/c1-8(20-10-4-2-9(14)3-5-10)11-6-7-15-12-16-13(19)17-18(11)12/h2-8H,1H3,(H,17,19). The first-order chi connectivity index (χ1) is 9.63. The quantitative estimate of drug-likeness (QED) is 0.803. The van der Waals surface area contributed by atoms with E-state index in [9.17, 15) is 4.79 Å². The Morgan fingerprint density at radius 3 is 2.80 bits per heavy atom. The Morgan fingerprint density at radius 1 is 1.30 bits per heavy atom. The molecule has 102 valence electrons. The fourth-order valence-corrected chi connectivity index (χ4v) is 2.05. The van der Waals surface area contributed by atoms with Gasteiger partial charge in [-0.1, -0.05) is 11.6 Å². The molecule has 3 aromatic rings. The van der Waals surface area contributed by atoms with Crippen molar-refractivity contribution in [3.8, 4) is 5.75 Å². The van der Waals surface area contributed by atoms with Crippen LogP contribution in [0.3, 0.4) is 0 Å². The molecule has 7 heteroatoms. The minimum Gasteiger partial charge on any atom is -0.484 e. The fourth-order valence-electron chi connectivity index (χ4n) is 1.93. The molecule has 0 spiro atoms. The third-order valence-electron chi connectivity index (χ3n) is 2.85. The van der Waals surface area contributed by atoms with Crippen LogP contribution in [0.5, 0.6) is 5.75 Å². The van der Waals surface area contributed by atoms with Crippen LogP contribution in [0.1, 0.15) is 18.7 Å². The van der Waals surface area contributed by atoms with E-state index < -0.39 is 5.69 Å². The lowest BCUT2D eigenvalue weighted by Gasteiger charge is -2.15. The maximum Gasteiger partial charge on any atom is 0.363 e. The van der Waals surface area contributed by atoms with Crippen molar-refractivity contribution in [1.29, 1.82) is 0 Å². The van der Waals surface area contributed by atoms with Crippen LogP contribution in [0.25, 0.3) is 5.78 Å². The summed E-state index contributed by atoms with van der Waals surface area (Å²) in [6.45, 7) is 1.88. The number of halogens is 1.